The van der Waals surface area contributed by atoms with Gasteiger partial charge in [-0.1, -0.05) is 30.3 Å². The van der Waals surface area contributed by atoms with Crippen LogP contribution in [0.3, 0.4) is 0 Å². The Bertz CT molecular complexity index is 795. The number of nitrogens with one attached hydrogen (secondary N) is 2. The zero-order chi connectivity index (χ0) is 20.1. The summed E-state index contributed by atoms with van der Waals surface area (Å²) in [6.07, 6.45) is -5.28. The number of hydrogen-bond acceptors (Lipinski definition) is 4. The zero-order valence-electron chi connectivity index (χ0n) is 14.2. The number of benzene rings is 2. The molecule has 2 aromatic rings. The Morgan fingerprint density at radius 3 is 1.96 bits per heavy atom. The number of anilines is 2. The molecule has 0 aliphatic rings. The van der Waals surface area contributed by atoms with Gasteiger partial charge in [0.25, 0.3) is 5.60 Å². The number of urea groups is 1. The number of alkyl halides is 3. The van der Waals surface area contributed by atoms with Crippen molar-refractivity contribution in [2.75, 3.05) is 17.2 Å². The Hall–Kier alpha value is -3.07. The van der Waals surface area contributed by atoms with E-state index < -0.39 is 29.3 Å². The lowest BCUT2D eigenvalue weighted by Crippen LogP contribution is -2.50. The molecule has 2 rings (SSSR count). The molecule has 3 N–H and O–H groups in total. The van der Waals surface area contributed by atoms with Crippen LogP contribution in [0.5, 0.6) is 0 Å². The van der Waals surface area contributed by atoms with Gasteiger partial charge >= 0.3 is 18.2 Å². The second-order valence-electron chi connectivity index (χ2n) is 5.45. The topological polar surface area (TPSA) is 87.7 Å². The number of carbonyl (C=O) groups excluding carboxylic acids is 2. The smallest absolute Gasteiger partial charge is 0.432 e. The van der Waals surface area contributed by atoms with Gasteiger partial charge in [-0.15, -0.1) is 0 Å². The summed E-state index contributed by atoms with van der Waals surface area (Å²) in [5.74, 6) is -1.82. The molecule has 0 fully saturated rings. The van der Waals surface area contributed by atoms with Crippen LogP contribution >= 0.6 is 0 Å². The van der Waals surface area contributed by atoms with Crippen molar-refractivity contribution >= 4 is 23.4 Å². The number of ether oxygens (including phenoxy) is 1. The summed E-state index contributed by atoms with van der Waals surface area (Å²) in [5.41, 5.74) is -3.82. The lowest BCUT2D eigenvalue weighted by atomic mass is 9.93. The Balaban J connectivity index is 2.17. The maximum atomic E-state index is 13.3. The van der Waals surface area contributed by atoms with Crippen LogP contribution in [0.4, 0.5) is 29.3 Å². The van der Waals surface area contributed by atoms with Crippen molar-refractivity contribution in [1.82, 2.24) is 0 Å². The lowest BCUT2D eigenvalue weighted by molar-refractivity contribution is -0.267. The van der Waals surface area contributed by atoms with E-state index in [9.17, 15) is 27.9 Å². The van der Waals surface area contributed by atoms with Gasteiger partial charge in [0.15, 0.2) is 0 Å². The first-order chi connectivity index (χ1) is 12.7. The van der Waals surface area contributed by atoms with Crippen LogP contribution in [0.1, 0.15) is 12.5 Å². The molecule has 0 aliphatic heterocycles. The molecule has 0 saturated heterocycles. The molecule has 27 heavy (non-hydrogen) atoms. The van der Waals surface area contributed by atoms with Gasteiger partial charge in [-0.2, -0.15) is 13.2 Å². The van der Waals surface area contributed by atoms with E-state index in [4.69, 9.17) is 0 Å². The minimum Gasteiger partial charge on any atom is -0.463 e. The number of esters is 1. The first kappa shape index (κ1) is 20.2. The van der Waals surface area contributed by atoms with Gasteiger partial charge in [-0.05, 0) is 31.2 Å². The first-order valence-electron chi connectivity index (χ1n) is 7.88. The van der Waals surface area contributed by atoms with Gasteiger partial charge in [-0.3, -0.25) is 0 Å². The van der Waals surface area contributed by atoms with Gasteiger partial charge in [0.05, 0.1) is 6.61 Å². The molecular formula is C18H17F3N2O4. The van der Waals surface area contributed by atoms with Gasteiger partial charge in [0, 0.05) is 16.9 Å². The maximum Gasteiger partial charge on any atom is 0.432 e. The number of para-hydroxylation sites is 1. The highest BCUT2D eigenvalue weighted by molar-refractivity contribution is 5.99. The van der Waals surface area contributed by atoms with Crippen LogP contribution in [0.25, 0.3) is 0 Å². The highest BCUT2D eigenvalue weighted by atomic mass is 19.4. The maximum absolute atomic E-state index is 13.3. The van der Waals surface area contributed by atoms with E-state index in [0.29, 0.717) is 5.69 Å². The molecule has 0 aromatic heterocycles. The monoisotopic (exact) mass is 382 g/mol. The molecule has 0 bridgehead atoms. The fourth-order valence-corrected chi connectivity index (χ4v) is 2.24. The molecule has 144 valence electrons. The SMILES string of the molecule is CCOC(=O)C(O)(c1ccc(NC(=O)Nc2ccccc2)cc1)C(F)(F)F. The molecule has 0 spiro atoms. The molecule has 0 radical (unpaired) electrons. The molecule has 0 heterocycles. The number of hydrogen-bond donors (Lipinski definition) is 3. The average molecular weight is 382 g/mol. The Labute approximate surface area is 153 Å². The number of rotatable bonds is 5. The summed E-state index contributed by atoms with van der Waals surface area (Å²) in [6, 6.07) is 12.0. The summed E-state index contributed by atoms with van der Waals surface area (Å²) in [5, 5.41) is 15.0. The predicted octanol–water partition coefficient (Wildman–Crippen LogP) is 3.64. The lowest BCUT2D eigenvalue weighted by Gasteiger charge is -2.28. The third-order valence-electron chi connectivity index (χ3n) is 3.57. The van der Waals surface area contributed by atoms with Gasteiger partial charge in [-0.25, -0.2) is 9.59 Å². The summed E-state index contributed by atoms with van der Waals surface area (Å²) >= 11 is 0. The van der Waals surface area contributed by atoms with Crippen molar-refractivity contribution in [3.63, 3.8) is 0 Å². The van der Waals surface area contributed by atoms with Crippen LogP contribution in [0, 0.1) is 0 Å². The minimum atomic E-state index is -5.28. The molecule has 2 amide bonds. The fraction of sp³-hybridized carbons (Fsp3) is 0.222. The molecule has 9 heteroatoms. The minimum absolute atomic E-state index is 0.167. The summed E-state index contributed by atoms with van der Waals surface area (Å²) in [4.78, 5) is 23.6. The van der Waals surface area contributed by atoms with Gasteiger partial charge < -0.3 is 20.5 Å². The van der Waals surface area contributed by atoms with Crippen LogP contribution in [0.15, 0.2) is 54.6 Å². The summed E-state index contributed by atoms with van der Waals surface area (Å²) in [7, 11) is 0. The van der Waals surface area contributed by atoms with Crippen molar-refractivity contribution in [2.24, 2.45) is 0 Å². The normalized spacial score (nSPS) is 13.4. The van der Waals surface area contributed by atoms with E-state index >= 15 is 0 Å². The Kier molecular flexibility index (Phi) is 6.06. The van der Waals surface area contributed by atoms with Crippen LogP contribution in [0.2, 0.25) is 0 Å². The molecule has 0 aliphatic carbocycles. The summed E-state index contributed by atoms with van der Waals surface area (Å²) in [6.45, 7) is 1.00. The average Bonchev–Trinajstić information content (AvgIpc) is 2.61. The highest BCUT2D eigenvalue weighted by Crippen LogP contribution is 2.40. The summed E-state index contributed by atoms with van der Waals surface area (Å²) < 4.78 is 44.2. The van der Waals surface area contributed by atoms with E-state index in [1.807, 2.05) is 0 Å². The van der Waals surface area contributed by atoms with Crippen molar-refractivity contribution in [1.29, 1.82) is 0 Å². The van der Waals surface area contributed by atoms with E-state index in [-0.39, 0.29) is 12.3 Å². The Morgan fingerprint density at radius 1 is 0.963 bits per heavy atom. The second kappa shape index (κ2) is 8.09. The molecular weight excluding hydrogens is 365 g/mol. The van der Waals surface area contributed by atoms with Gasteiger partial charge in [0.1, 0.15) is 0 Å². The zero-order valence-corrected chi connectivity index (χ0v) is 14.2. The van der Waals surface area contributed by atoms with E-state index in [0.717, 1.165) is 24.3 Å². The van der Waals surface area contributed by atoms with Crippen molar-refractivity contribution < 1.29 is 32.6 Å². The van der Waals surface area contributed by atoms with E-state index in [2.05, 4.69) is 15.4 Å². The third-order valence-corrected chi connectivity index (χ3v) is 3.57. The molecule has 2 aromatic carbocycles. The van der Waals surface area contributed by atoms with Crippen LogP contribution in [-0.4, -0.2) is 29.9 Å². The Morgan fingerprint density at radius 2 is 1.48 bits per heavy atom. The van der Waals surface area contributed by atoms with Crippen molar-refractivity contribution in [3.05, 3.63) is 60.2 Å². The van der Waals surface area contributed by atoms with E-state index in [1.165, 1.54) is 6.92 Å². The number of amides is 2. The largest absolute Gasteiger partial charge is 0.463 e. The fourth-order valence-electron chi connectivity index (χ4n) is 2.24. The number of carbonyl (C=O) groups is 2. The molecule has 0 saturated carbocycles. The first-order valence-corrected chi connectivity index (χ1v) is 7.88. The standard InChI is InChI=1S/C18H17F3N2O4/c1-2-27-15(24)17(26,18(19,20)21)12-8-10-14(11-9-12)23-16(25)22-13-6-4-3-5-7-13/h3-11,26H,2H2,1H3,(H2,22,23,25). The van der Waals surface area contributed by atoms with Gasteiger partial charge in [0.2, 0.25) is 0 Å². The molecule has 6 nitrogen and oxygen atoms in total. The third kappa shape index (κ3) is 4.56. The molecule has 1 atom stereocenters. The highest BCUT2D eigenvalue weighted by Gasteiger charge is 2.62. The molecule has 1 unspecified atom stereocenters. The van der Waals surface area contributed by atoms with Crippen LogP contribution < -0.4 is 10.6 Å². The van der Waals surface area contributed by atoms with Crippen molar-refractivity contribution in [2.45, 2.75) is 18.7 Å². The quantitative estimate of drug-likeness (QED) is 0.689. The number of aliphatic hydroxyl groups is 1. The van der Waals surface area contributed by atoms with Crippen LogP contribution in [-0.2, 0) is 15.1 Å². The second-order valence-corrected chi connectivity index (χ2v) is 5.45. The van der Waals surface area contributed by atoms with Crippen molar-refractivity contribution in [3.8, 4) is 0 Å². The van der Waals surface area contributed by atoms with E-state index in [1.54, 1.807) is 30.3 Å². The number of halogens is 3. The predicted molar refractivity (Wildman–Crippen MR) is 92.1 cm³/mol.